The largest absolute Gasteiger partial charge is 0.486 e. The van der Waals surface area contributed by atoms with Gasteiger partial charge >= 0.3 is 0 Å². The minimum absolute atomic E-state index is 0.612. The standard InChI is InChI=1S/C18H21NO3/c1-20-13-16-6-3-2-5-14(16)11-19-12-15-7-4-8-17-18(15)22-10-9-21-17/h2-8,19H,9-13H2,1H3. The van der Waals surface area contributed by atoms with E-state index in [1.165, 1.54) is 11.1 Å². The molecule has 4 heteroatoms. The second kappa shape index (κ2) is 7.29. The highest BCUT2D eigenvalue weighted by atomic mass is 16.6. The maximum atomic E-state index is 5.73. The molecule has 4 nitrogen and oxygen atoms in total. The molecule has 1 aliphatic heterocycles. The third kappa shape index (κ3) is 3.40. The van der Waals surface area contributed by atoms with E-state index in [-0.39, 0.29) is 0 Å². The molecule has 116 valence electrons. The van der Waals surface area contributed by atoms with Crippen LogP contribution in [-0.2, 0) is 24.4 Å². The second-order valence-corrected chi connectivity index (χ2v) is 5.25. The van der Waals surface area contributed by atoms with Crippen LogP contribution in [-0.4, -0.2) is 20.3 Å². The summed E-state index contributed by atoms with van der Waals surface area (Å²) in [5.41, 5.74) is 3.60. The van der Waals surface area contributed by atoms with Gasteiger partial charge in [0.05, 0.1) is 6.61 Å². The lowest BCUT2D eigenvalue weighted by molar-refractivity contribution is 0.169. The number of nitrogens with one attached hydrogen (secondary N) is 1. The molecule has 0 saturated carbocycles. The second-order valence-electron chi connectivity index (χ2n) is 5.25. The van der Waals surface area contributed by atoms with Gasteiger partial charge in [-0.25, -0.2) is 0 Å². The van der Waals surface area contributed by atoms with Gasteiger partial charge in [0.15, 0.2) is 11.5 Å². The zero-order valence-electron chi connectivity index (χ0n) is 12.8. The van der Waals surface area contributed by atoms with Crippen LogP contribution in [0.3, 0.4) is 0 Å². The van der Waals surface area contributed by atoms with E-state index in [1.54, 1.807) is 7.11 Å². The van der Waals surface area contributed by atoms with Gasteiger partial charge in [-0.3, -0.25) is 0 Å². The number of rotatable bonds is 6. The smallest absolute Gasteiger partial charge is 0.165 e. The normalized spacial score (nSPS) is 13.1. The first-order valence-electron chi connectivity index (χ1n) is 7.52. The Kier molecular flexibility index (Phi) is 4.93. The molecule has 0 aromatic heterocycles. The van der Waals surface area contributed by atoms with E-state index in [2.05, 4.69) is 29.6 Å². The van der Waals surface area contributed by atoms with Crippen molar-refractivity contribution in [3.8, 4) is 11.5 Å². The Morgan fingerprint density at radius 1 is 0.909 bits per heavy atom. The quantitative estimate of drug-likeness (QED) is 0.890. The minimum Gasteiger partial charge on any atom is -0.486 e. The summed E-state index contributed by atoms with van der Waals surface area (Å²) in [4.78, 5) is 0. The maximum Gasteiger partial charge on any atom is 0.165 e. The number of benzene rings is 2. The molecule has 0 amide bonds. The molecule has 0 radical (unpaired) electrons. The molecule has 1 heterocycles. The molecule has 2 aromatic carbocycles. The van der Waals surface area contributed by atoms with Crippen LogP contribution < -0.4 is 14.8 Å². The number of methoxy groups -OCH3 is 1. The summed E-state index contributed by atoms with van der Waals surface area (Å²) in [6, 6.07) is 14.3. The van der Waals surface area contributed by atoms with E-state index < -0.39 is 0 Å². The lowest BCUT2D eigenvalue weighted by atomic mass is 10.1. The van der Waals surface area contributed by atoms with E-state index in [1.807, 2.05) is 18.2 Å². The molecule has 0 bridgehead atoms. The van der Waals surface area contributed by atoms with Gasteiger partial charge in [-0.2, -0.15) is 0 Å². The molecule has 0 spiro atoms. The van der Waals surface area contributed by atoms with Crippen LogP contribution in [0.2, 0.25) is 0 Å². The van der Waals surface area contributed by atoms with Gasteiger partial charge < -0.3 is 19.5 Å². The SMILES string of the molecule is COCc1ccccc1CNCc1cccc2c1OCCO2. The molecule has 0 unspecified atom stereocenters. The van der Waals surface area contributed by atoms with Crippen LogP contribution in [0.25, 0.3) is 0 Å². The number of hydrogen-bond donors (Lipinski definition) is 1. The number of hydrogen-bond acceptors (Lipinski definition) is 4. The fourth-order valence-corrected chi connectivity index (χ4v) is 2.63. The van der Waals surface area contributed by atoms with Gasteiger partial charge in [-0.05, 0) is 17.2 Å². The zero-order valence-corrected chi connectivity index (χ0v) is 12.8. The zero-order chi connectivity index (χ0) is 15.2. The van der Waals surface area contributed by atoms with Crippen molar-refractivity contribution < 1.29 is 14.2 Å². The molecule has 2 aromatic rings. The van der Waals surface area contributed by atoms with Gasteiger partial charge in [0.2, 0.25) is 0 Å². The highest BCUT2D eigenvalue weighted by Gasteiger charge is 2.15. The Morgan fingerprint density at radius 3 is 2.50 bits per heavy atom. The predicted molar refractivity (Wildman–Crippen MR) is 85.1 cm³/mol. The number of ether oxygens (including phenoxy) is 3. The monoisotopic (exact) mass is 299 g/mol. The average Bonchev–Trinajstić information content (AvgIpc) is 2.57. The first-order chi connectivity index (χ1) is 10.9. The van der Waals surface area contributed by atoms with E-state index in [0.717, 1.165) is 30.2 Å². The van der Waals surface area contributed by atoms with E-state index in [4.69, 9.17) is 14.2 Å². The molecule has 1 N–H and O–H groups in total. The fourth-order valence-electron chi connectivity index (χ4n) is 2.63. The van der Waals surface area contributed by atoms with E-state index in [0.29, 0.717) is 19.8 Å². The third-order valence-corrected chi connectivity index (χ3v) is 3.70. The molecule has 0 aliphatic carbocycles. The first kappa shape index (κ1) is 14.9. The molecule has 1 aliphatic rings. The van der Waals surface area contributed by atoms with Gasteiger partial charge in [-0.15, -0.1) is 0 Å². The van der Waals surface area contributed by atoms with E-state index >= 15 is 0 Å². The van der Waals surface area contributed by atoms with Crippen molar-refractivity contribution >= 4 is 0 Å². The summed E-state index contributed by atoms with van der Waals surface area (Å²) in [7, 11) is 1.72. The fraction of sp³-hybridized carbons (Fsp3) is 0.333. The number of para-hydroxylation sites is 1. The first-order valence-corrected chi connectivity index (χ1v) is 7.52. The van der Waals surface area contributed by atoms with Crippen molar-refractivity contribution in [3.05, 3.63) is 59.2 Å². The molecule has 3 rings (SSSR count). The molecule has 22 heavy (non-hydrogen) atoms. The lowest BCUT2D eigenvalue weighted by Gasteiger charge is -2.21. The summed E-state index contributed by atoms with van der Waals surface area (Å²) in [6.45, 7) is 3.41. The Bertz CT molecular complexity index is 627. The van der Waals surface area contributed by atoms with Crippen LogP contribution >= 0.6 is 0 Å². The van der Waals surface area contributed by atoms with Crippen molar-refractivity contribution in [3.63, 3.8) is 0 Å². The van der Waals surface area contributed by atoms with Gasteiger partial charge in [0.25, 0.3) is 0 Å². The summed E-state index contributed by atoms with van der Waals surface area (Å²) < 4.78 is 16.6. The summed E-state index contributed by atoms with van der Waals surface area (Å²) in [5, 5.41) is 3.48. The number of fused-ring (bicyclic) bond motifs is 1. The van der Waals surface area contributed by atoms with Crippen molar-refractivity contribution in [1.29, 1.82) is 0 Å². The Balaban J connectivity index is 1.64. The van der Waals surface area contributed by atoms with Gasteiger partial charge in [0.1, 0.15) is 13.2 Å². The van der Waals surface area contributed by atoms with Crippen molar-refractivity contribution in [2.75, 3.05) is 20.3 Å². The Labute approximate surface area is 131 Å². The van der Waals surface area contributed by atoms with Crippen LogP contribution in [0.5, 0.6) is 11.5 Å². The summed E-state index contributed by atoms with van der Waals surface area (Å²) >= 11 is 0. The van der Waals surface area contributed by atoms with Crippen LogP contribution in [0.15, 0.2) is 42.5 Å². The maximum absolute atomic E-state index is 5.73. The lowest BCUT2D eigenvalue weighted by Crippen LogP contribution is -2.19. The van der Waals surface area contributed by atoms with Crippen molar-refractivity contribution in [1.82, 2.24) is 5.32 Å². The molecular formula is C18H21NO3. The summed E-state index contributed by atoms with van der Waals surface area (Å²) in [6.07, 6.45) is 0. The van der Waals surface area contributed by atoms with E-state index in [9.17, 15) is 0 Å². The minimum atomic E-state index is 0.612. The molecule has 0 fully saturated rings. The van der Waals surface area contributed by atoms with Gasteiger partial charge in [-0.1, -0.05) is 36.4 Å². The molecule has 0 atom stereocenters. The van der Waals surface area contributed by atoms with Crippen LogP contribution in [0.4, 0.5) is 0 Å². The molecule has 0 saturated heterocycles. The summed E-state index contributed by atoms with van der Waals surface area (Å²) in [5.74, 6) is 1.71. The third-order valence-electron chi connectivity index (χ3n) is 3.70. The molecular weight excluding hydrogens is 278 g/mol. The highest BCUT2D eigenvalue weighted by molar-refractivity contribution is 5.47. The van der Waals surface area contributed by atoms with Crippen LogP contribution in [0, 0.1) is 0 Å². The van der Waals surface area contributed by atoms with Crippen molar-refractivity contribution in [2.24, 2.45) is 0 Å². The van der Waals surface area contributed by atoms with Crippen molar-refractivity contribution in [2.45, 2.75) is 19.7 Å². The Hall–Kier alpha value is -2.04. The Morgan fingerprint density at radius 2 is 1.64 bits per heavy atom. The predicted octanol–water partition coefficient (Wildman–Crippen LogP) is 2.89. The average molecular weight is 299 g/mol. The topological polar surface area (TPSA) is 39.7 Å². The van der Waals surface area contributed by atoms with Crippen LogP contribution in [0.1, 0.15) is 16.7 Å². The highest BCUT2D eigenvalue weighted by Crippen LogP contribution is 2.33. The van der Waals surface area contributed by atoms with Gasteiger partial charge in [0, 0.05) is 25.8 Å².